The smallest absolute Gasteiger partial charge is 0.317 e. The maximum absolute atomic E-state index is 13.1. The molecule has 0 radical (unpaired) electrons. The molecule has 4 rings (SSSR count). The van der Waals surface area contributed by atoms with Crippen LogP contribution >= 0.6 is 0 Å². The van der Waals surface area contributed by atoms with Crippen molar-refractivity contribution in [2.75, 3.05) is 25.9 Å². The Labute approximate surface area is 189 Å². The first-order chi connectivity index (χ1) is 15.1. The average molecular weight is 478 g/mol. The van der Waals surface area contributed by atoms with Gasteiger partial charge in [-0.1, -0.05) is 30.3 Å². The van der Waals surface area contributed by atoms with Crippen LogP contribution in [0.1, 0.15) is 24.0 Å². The molecule has 0 bridgehead atoms. The third-order valence-electron chi connectivity index (χ3n) is 6.00. The molecule has 1 fully saturated rings. The first-order valence-corrected chi connectivity index (χ1v) is 13.9. The van der Waals surface area contributed by atoms with Gasteiger partial charge in [-0.3, -0.25) is 0 Å². The molecule has 2 aromatic rings. The fraction of sp³-hybridized carbons (Fsp3) is 0.409. The van der Waals surface area contributed by atoms with E-state index in [1.54, 1.807) is 4.90 Å². The maximum Gasteiger partial charge on any atom is 0.317 e. The molecule has 0 spiro atoms. The van der Waals surface area contributed by atoms with E-state index in [4.69, 9.17) is 0 Å². The minimum Gasteiger partial charge on any atom is -0.334 e. The molecule has 0 aromatic heterocycles. The molecule has 1 unspecified atom stereocenters. The molecule has 8 nitrogen and oxygen atoms in total. The van der Waals surface area contributed by atoms with Crippen LogP contribution in [0.3, 0.4) is 0 Å². The topological polar surface area (TPSA) is 104 Å². The number of carbonyl (C=O) groups excluding carboxylic acids is 1. The van der Waals surface area contributed by atoms with Crippen LogP contribution in [-0.2, 0) is 32.8 Å². The predicted octanol–water partition coefficient (Wildman–Crippen LogP) is 2.01. The van der Waals surface area contributed by atoms with Gasteiger partial charge in [-0.05, 0) is 48.6 Å². The first-order valence-electron chi connectivity index (χ1n) is 10.6. The quantitative estimate of drug-likeness (QED) is 0.726. The maximum atomic E-state index is 13.1. The standard InChI is InChI=1S/C22H27N3O5S2/c1-31(27,28)20-9-4-10-21(14-20)32(29,30)25-12-5-8-19(16-25)23-22(26)24-13-11-17-6-2-3-7-18(17)15-24/h2-4,6-7,9-10,14,19H,5,8,11-13,15-16H2,1H3,(H,23,26). The lowest BCUT2D eigenvalue weighted by molar-refractivity contribution is 0.181. The van der Waals surface area contributed by atoms with E-state index in [-0.39, 0.29) is 28.4 Å². The predicted molar refractivity (Wildman–Crippen MR) is 120 cm³/mol. The number of fused-ring (bicyclic) bond motifs is 1. The van der Waals surface area contributed by atoms with E-state index in [1.165, 1.54) is 34.1 Å². The molecule has 0 aliphatic carbocycles. The first kappa shape index (κ1) is 22.8. The van der Waals surface area contributed by atoms with Crippen LogP contribution in [0.2, 0.25) is 0 Å². The van der Waals surface area contributed by atoms with Crippen molar-refractivity contribution in [1.82, 2.24) is 14.5 Å². The highest BCUT2D eigenvalue weighted by molar-refractivity contribution is 7.91. The lowest BCUT2D eigenvalue weighted by atomic mass is 10.0. The highest BCUT2D eigenvalue weighted by atomic mass is 32.2. The number of rotatable bonds is 4. The van der Waals surface area contributed by atoms with Gasteiger partial charge in [0.1, 0.15) is 0 Å². The second-order valence-corrected chi connectivity index (χ2v) is 12.3. The molecule has 0 saturated carbocycles. The second kappa shape index (κ2) is 8.84. The molecule has 32 heavy (non-hydrogen) atoms. The van der Waals surface area contributed by atoms with Crippen molar-refractivity contribution in [3.63, 3.8) is 0 Å². The number of benzene rings is 2. The lowest BCUT2D eigenvalue weighted by Crippen LogP contribution is -2.53. The summed E-state index contributed by atoms with van der Waals surface area (Å²) in [6.45, 7) is 1.64. The third kappa shape index (κ3) is 4.82. The van der Waals surface area contributed by atoms with Crippen molar-refractivity contribution in [2.45, 2.75) is 41.6 Å². The summed E-state index contributed by atoms with van der Waals surface area (Å²) >= 11 is 0. The zero-order chi connectivity index (χ0) is 22.9. The van der Waals surface area contributed by atoms with Gasteiger partial charge in [0.05, 0.1) is 9.79 Å². The number of urea groups is 1. The zero-order valence-electron chi connectivity index (χ0n) is 17.9. The van der Waals surface area contributed by atoms with E-state index in [2.05, 4.69) is 11.4 Å². The minimum atomic E-state index is -3.87. The SMILES string of the molecule is CS(=O)(=O)c1cccc(S(=O)(=O)N2CCCC(NC(=O)N3CCc4ccccc4C3)C2)c1. The minimum absolute atomic E-state index is 0.0363. The van der Waals surface area contributed by atoms with Crippen LogP contribution in [0.15, 0.2) is 58.3 Å². The molecule has 172 valence electrons. The molecule has 2 aliphatic rings. The van der Waals surface area contributed by atoms with Gasteiger partial charge in [-0.2, -0.15) is 4.31 Å². The Bertz CT molecular complexity index is 1230. The van der Waals surface area contributed by atoms with Crippen LogP contribution in [0.4, 0.5) is 4.79 Å². The number of amides is 2. The molecule has 1 saturated heterocycles. The van der Waals surface area contributed by atoms with Crippen molar-refractivity contribution in [3.8, 4) is 0 Å². The number of nitrogens with one attached hydrogen (secondary N) is 1. The molecule has 2 heterocycles. The van der Waals surface area contributed by atoms with Gasteiger partial charge >= 0.3 is 6.03 Å². The molecule has 10 heteroatoms. The van der Waals surface area contributed by atoms with Crippen molar-refractivity contribution in [3.05, 3.63) is 59.7 Å². The summed E-state index contributed by atoms with van der Waals surface area (Å²) < 4.78 is 51.3. The Morgan fingerprint density at radius 3 is 2.44 bits per heavy atom. The molecule has 1 atom stereocenters. The van der Waals surface area contributed by atoms with Gasteiger partial charge in [0.2, 0.25) is 10.0 Å². The van der Waals surface area contributed by atoms with Crippen molar-refractivity contribution >= 4 is 25.9 Å². The number of hydrogen-bond donors (Lipinski definition) is 1. The average Bonchev–Trinajstić information content (AvgIpc) is 2.78. The Balaban J connectivity index is 1.44. The summed E-state index contributed by atoms with van der Waals surface area (Å²) in [7, 11) is -7.40. The summed E-state index contributed by atoms with van der Waals surface area (Å²) in [4.78, 5) is 14.5. The Morgan fingerprint density at radius 2 is 1.69 bits per heavy atom. The number of hydrogen-bond acceptors (Lipinski definition) is 5. The van der Waals surface area contributed by atoms with E-state index >= 15 is 0 Å². The fourth-order valence-electron chi connectivity index (χ4n) is 4.23. The molecule has 2 aromatic carbocycles. The van der Waals surface area contributed by atoms with Crippen LogP contribution in [0.5, 0.6) is 0 Å². The highest BCUT2D eigenvalue weighted by Gasteiger charge is 2.32. The third-order valence-corrected chi connectivity index (χ3v) is 8.97. The van der Waals surface area contributed by atoms with E-state index in [0.717, 1.165) is 18.2 Å². The number of sulfonamides is 1. The number of carbonyl (C=O) groups is 1. The normalized spacial score (nSPS) is 19.9. The Hall–Kier alpha value is -2.43. The van der Waals surface area contributed by atoms with Gasteiger partial charge in [0.15, 0.2) is 9.84 Å². The molecular weight excluding hydrogens is 450 g/mol. The fourth-order valence-corrected chi connectivity index (χ4v) is 6.54. The lowest BCUT2D eigenvalue weighted by Gasteiger charge is -2.35. The van der Waals surface area contributed by atoms with E-state index in [1.807, 2.05) is 18.2 Å². The van der Waals surface area contributed by atoms with Gasteiger partial charge in [0.25, 0.3) is 0 Å². The molecule has 2 amide bonds. The number of nitrogens with zero attached hydrogens (tertiary/aromatic N) is 2. The molecule has 2 aliphatic heterocycles. The van der Waals surface area contributed by atoms with Gasteiger partial charge in [-0.15, -0.1) is 0 Å². The Morgan fingerprint density at radius 1 is 0.969 bits per heavy atom. The van der Waals surface area contributed by atoms with E-state index in [0.29, 0.717) is 32.5 Å². The summed E-state index contributed by atoms with van der Waals surface area (Å²) in [6, 6.07) is 13.0. The summed E-state index contributed by atoms with van der Waals surface area (Å²) in [5.74, 6) is 0. The zero-order valence-corrected chi connectivity index (χ0v) is 19.5. The van der Waals surface area contributed by atoms with Gasteiger partial charge in [0, 0.05) is 38.5 Å². The largest absolute Gasteiger partial charge is 0.334 e. The molecular formula is C22H27N3O5S2. The van der Waals surface area contributed by atoms with E-state index in [9.17, 15) is 21.6 Å². The van der Waals surface area contributed by atoms with Crippen molar-refractivity contribution in [2.24, 2.45) is 0 Å². The number of piperidine rings is 1. The molecule has 1 N–H and O–H groups in total. The van der Waals surface area contributed by atoms with Crippen LogP contribution in [0.25, 0.3) is 0 Å². The number of sulfone groups is 1. The van der Waals surface area contributed by atoms with E-state index < -0.39 is 19.9 Å². The summed E-state index contributed by atoms with van der Waals surface area (Å²) in [5, 5.41) is 2.99. The Kier molecular flexibility index (Phi) is 6.28. The second-order valence-electron chi connectivity index (χ2n) is 8.34. The van der Waals surface area contributed by atoms with Crippen LogP contribution in [0, 0.1) is 0 Å². The summed E-state index contributed by atoms with van der Waals surface area (Å²) in [6.07, 6.45) is 3.14. The van der Waals surface area contributed by atoms with Crippen LogP contribution in [-0.4, -0.2) is 64.0 Å². The van der Waals surface area contributed by atoms with Crippen molar-refractivity contribution < 1.29 is 21.6 Å². The monoisotopic (exact) mass is 477 g/mol. The van der Waals surface area contributed by atoms with Crippen molar-refractivity contribution in [1.29, 1.82) is 0 Å². The highest BCUT2D eigenvalue weighted by Crippen LogP contribution is 2.24. The van der Waals surface area contributed by atoms with Gasteiger partial charge in [-0.25, -0.2) is 21.6 Å². The van der Waals surface area contributed by atoms with Crippen LogP contribution < -0.4 is 5.32 Å². The van der Waals surface area contributed by atoms with Gasteiger partial charge < -0.3 is 10.2 Å². The summed E-state index contributed by atoms with van der Waals surface area (Å²) in [5.41, 5.74) is 2.38.